The van der Waals surface area contributed by atoms with Gasteiger partial charge in [0.05, 0.1) is 13.0 Å². The van der Waals surface area contributed by atoms with E-state index >= 15 is 0 Å². The fourth-order valence-corrected chi connectivity index (χ4v) is 4.50. The van der Waals surface area contributed by atoms with E-state index in [9.17, 15) is 13.6 Å². The van der Waals surface area contributed by atoms with E-state index in [1.54, 1.807) is 6.92 Å². The average molecular weight is 439 g/mol. The van der Waals surface area contributed by atoms with Gasteiger partial charge in [-0.2, -0.15) is 0 Å². The summed E-state index contributed by atoms with van der Waals surface area (Å²) in [6.45, 7) is 5.35. The van der Waals surface area contributed by atoms with Crippen LogP contribution in [0, 0.1) is 11.6 Å². The lowest BCUT2D eigenvalue weighted by Crippen LogP contribution is -2.34. The third-order valence-electron chi connectivity index (χ3n) is 6.08. The van der Waals surface area contributed by atoms with Crippen molar-refractivity contribution in [2.75, 3.05) is 24.6 Å². The van der Waals surface area contributed by atoms with E-state index in [0.717, 1.165) is 6.42 Å². The van der Waals surface area contributed by atoms with Crippen LogP contribution in [0.5, 0.6) is 0 Å². The van der Waals surface area contributed by atoms with Crippen LogP contribution in [-0.4, -0.2) is 31.7 Å². The van der Waals surface area contributed by atoms with Gasteiger partial charge in [0.2, 0.25) is 0 Å². The normalized spacial score (nSPS) is 17.0. The molecule has 1 aliphatic rings. The highest BCUT2D eigenvalue weighted by Gasteiger charge is 2.26. The monoisotopic (exact) mass is 438 g/mol. The summed E-state index contributed by atoms with van der Waals surface area (Å²) in [5.41, 5.74) is 1.49. The number of esters is 1. The van der Waals surface area contributed by atoms with E-state index in [2.05, 4.69) is 42.6 Å². The predicted octanol–water partition coefficient (Wildman–Crippen LogP) is 5.15. The minimum Gasteiger partial charge on any atom is -0.466 e. The van der Waals surface area contributed by atoms with Gasteiger partial charge in [0, 0.05) is 36.4 Å². The number of carbonyl (C=O) groups is 1. The molecule has 0 amide bonds. The molecule has 3 aromatic carbocycles. The fourth-order valence-electron chi connectivity index (χ4n) is 4.50. The van der Waals surface area contributed by atoms with Crippen LogP contribution >= 0.6 is 0 Å². The third kappa shape index (κ3) is 4.75. The highest BCUT2D eigenvalue weighted by molar-refractivity contribution is 5.86. The molecule has 1 fully saturated rings. The van der Waals surface area contributed by atoms with E-state index in [1.807, 2.05) is 17.0 Å². The molecule has 168 valence electrons. The Morgan fingerprint density at radius 3 is 2.62 bits per heavy atom. The molecule has 0 unspecified atom stereocenters. The Kier molecular flexibility index (Phi) is 6.70. The fraction of sp³-hybridized carbons (Fsp3) is 0.346. The molecule has 0 bridgehead atoms. The van der Waals surface area contributed by atoms with E-state index in [-0.39, 0.29) is 24.3 Å². The first kappa shape index (κ1) is 22.2. The number of ether oxygens (including phenoxy) is 1. The van der Waals surface area contributed by atoms with Crippen molar-refractivity contribution in [2.24, 2.45) is 0 Å². The first-order valence-corrected chi connectivity index (χ1v) is 11.1. The van der Waals surface area contributed by atoms with Gasteiger partial charge in [0.25, 0.3) is 0 Å². The molecule has 0 aromatic heterocycles. The predicted molar refractivity (Wildman–Crippen MR) is 123 cm³/mol. The number of benzene rings is 3. The molecule has 0 radical (unpaired) electrons. The summed E-state index contributed by atoms with van der Waals surface area (Å²) >= 11 is 0. The summed E-state index contributed by atoms with van der Waals surface area (Å²) in [6.07, 6.45) is 0.474. The molecule has 0 spiro atoms. The third-order valence-corrected chi connectivity index (χ3v) is 6.08. The van der Waals surface area contributed by atoms with Gasteiger partial charge in [-0.15, -0.1) is 0 Å². The van der Waals surface area contributed by atoms with Crippen molar-refractivity contribution in [3.8, 4) is 0 Å². The molecule has 0 aliphatic carbocycles. The number of nitrogens with zero attached hydrogens (tertiary/aromatic N) is 1. The Labute approximate surface area is 187 Å². The van der Waals surface area contributed by atoms with E-state index in [1.165, 1.54) is 28.5 Å². The van der Waals surface area contributed by atoms with Gasteiger partial charge < -0.3 is 15.0 Å². The molecule has 4 nitrogen and oxygen atoms in total. The molecule has 1 N–H and O–H groups in total. The van der Waals surface area contributed by atoms with Crippen molar-refractivity contribution in [1.29, 1.82) is 0 Å². The maximum Gasteiger partial charge on any atom is 0.310 e. The Bertz CT molecular complexity index is 1090. The van der Waals surface area contributed by atoms with Crippen LogP contribution in [0.4, 0.5) is 14.5 Å². The molecular formula is C26H28F2N2O2. The summed E-state index contributed by atoms with van der Waals surface area (Å²) in [4.78, 5) is 13.6. The second kappa shape index (κ2) is 9.65. The number of rotatable bonds is 7. The highest BCUT2D eigenvalue weighted by atomic mass is 19.1. The number of carbonyl (C=O) groups excluding carboxylic acids is 1. The summed E-state index contributed by atoms with van der Waals surface area (Å²) < 4.78 is 33.9. The van der Waals surface area contributed by atoms with Crippen molar-refractivity contribution in [2.45, 2.75) is 38.8 Å². The van der Waals surface area contributed by atoms with Crippen molar-refractivity contribution in [1.82, 2.24) is 5.32 Å². The summed E-state index contributed by atoms with van der Waals surface area (Å²) in [6, 6.07) is 17.6. The summed E-state index contributed by atoms with van der Waals surface area (Å²) in [5.74, 6) is -2.06. The Hall–Kier alpha value is -2.99. The zero-order chi connectivity index (χ0) is 22.7. The Morgan fingerprint density at radius 2 is 1.88 bits per heavy atom. The SMILES string of the molecule is CCOC(=O)Cc1c(F)cc(N2CC[C@H](N[C@H](C)c3cccc4ccccc34)C2)cc1F. The summed E-state index contributed by atoms with van der Waals surface area (Å²) in [5, 5.41) is 6.11. The van der Waals surface area contributed by atoms with Crippen LogP contribution in [0.2, 0.25) is 0 Å². The van der Waals surface area contributed by atoms with E-state index in [4.69, 9.17) is 4.74 Å². The molecule has 1 saturated heterocycles. The van der Waals surface area contributed by atoms with Gasteiger partial charge >= 0.3 is 5.97 Å². The van der Waals surface area contributed by atoms with Gasteiger partial charge in [-0.3, -0.25) is 4.79 Å². The number of fused-ring (bicyclic) bond motifs is 1. The van der Waals surface area contributed by atoms with Crippen LogP contribution in [0.1, 0.15) is 37.4 Å². The standard InChI is InChI=1S/C26H28F2N2O2/c1-3-32-26(31)15-23-24(27)13-20(14-25(23)28)30-12-11-19(16-30)29-17(2)21-10-6-8-18-7-4-5-9-22(18)21/h4-10,13-14,17,19,29H,3,11-12,15-16H2,1-2H3/t17-,19+/m1/s1. The zero-order valence-electron chi connectivity index (χ0n) is 18.4. The molecule has 1 aliphatic heterocycles. The van der Waals surface area contributed by atoms with E-state index in [0.29, 0.717) is 18.8 Å². The Morgan fingerprint density at radius 1 is 1.16 bits per heavy atom. The number of nitrogens with one attached hydrogen (secondary N) is 1. The van der Waals surface area contributed by atoms with Gasteiger partial charge in [-0.25, -0.2) is 8.78 Å². The van der Waals surface area contributed by atoms with Crippen molar-refractivity contribution >= 4 is 22.4 Å². The largest absolute Gasteiger partial charge is 0.466 e. The molecule has 1 heterocycles. The number of hydrogen-bond donors (Lipinski definition) is 1. The van der Waals surface area contributed by atoms with Crippen LogP contribution in [0.15, 0.2) is 54.6 Å². The van der Waals surface area contributed by atoms with Gasteiger partial charge in [-0.05, 0) is 48.7 Å². The van der Waals surface area contributed by atoms with Crippen molar-refractivity contribution in [3.63, 3.8) is 0 Å². The number of hydrogen-bond acceptors (Lipinski definition) is 4. The molecule has 3 aromatic rings. The second-order valence-corrected chi connectivity index (χ2v) is 8.26. The zero-order valence-corrected chi connectivity index (χ0v) is 18.4. The van der Waals surface area contributed by atoms with Crippen LogP contribution < -0.4 is 10.2 Å². The first-order chi connectivity index (χ1) is 15.5. The first-order valence-electron chi connectivity index (χ1n) is 11.1. The van der Waals surface area contributed by atoms with E-state index < -0.39 is 24.0 Å². The lowest BCUT2D eigenvalue weighted by molar-refractivity contribution is -0.142. The van der Waals surface area contributed by atoms with Gasteiger partial charge in [-0.1, -0.05) is 42.5 Å². The quantitative estimate of drug-likeness (QED) is 0.518. The minimum atomic E-state index is -0.714. The van der Waals surface area contributed by atoms with Crippen LogP contribution in [0.3, 0.4) is 0 Å². The average Bonchev–Trinajstić information content (AvgIpc) is 3.24. The topological polar surface area (TPSA) is 41.6 Å². The summed E-state index contributed by atoms with van der Waals surface area (Å²) in [7, 11) is 0. The molecule has 32 heavy (non-hydrogen) atoms. The molecule has 4 rings (SSSR count). The number of halogens is 2. The molecular weight excluding hydrogens is 410 g/mol. The smallest absolute Gasteiger partial charge is 0.310 e. The van der Waals surface area contributed by atoms with Gasteiger partial charge in [0.15, 0.2) is 0 Å². The lowest BCUT2D eigenvalue weighted by Gasteiger charge is -2.23. The van der Waals surface area contributed by atoms with Crippen molar-refractivity contribution in [3.05, 3.63) is 77.4 Å². The molecule has 6 heteroatoms. The van der Waals surface area contributed by atoms with Crippen molar-refractivity contribution < 1.29 is 18.3 Å². The molecule has 0 saturated carbocycles. The van der Waals surface area contributed by atoms with Gasteiger partial charge in [0.1, 0.15) is 11.6 Å². The Balaban J connectivity index is 1.44. The minimum absolute atomic E-state index is 0.145. The lowest BCUT2D eigenvalue weighted by atomic mass is 9.99. The maximum absolute atomic E-state index is 14.6. The number of anilines is 1. The molecule has 2 atom stereocenters. The van der Waals surface area contributed by atoms with Crippen LogP contribution in [0.25, 0.3) is 10.8 Å². The van der Waals surface area contributed by atoms with Crippen LogP contribution in [-0.2, 0) is 16.0 Å². The highest BCUT2D eigenvalue weighted by Crippen LogP contribution is 2.28. The maximum atomic E-state index is 14.6. The second-order valence-electron chi connectivity index (χ2n) is 8.26.